The maximum absolute atomic E-state index is 11.8. The molecule has 0 rings (SSSR count). The van der Waals surface area contributed by atoms with Crippen LogP contribution in [0.25, 0.3) is 0 Å². The Morgan fingerprint density at radius 3 is 2.38 bits per heavy atom. The number of halogens is 1. The molecule has 0 bridgehead atoms. The maximum atomic E-state index is 11.8. The number of nitrogens with zero attached hydrogens (tertiary/aromatic N) is 1. The van der Waals surface area contributed by atoms with Crippen molar-refractivity contribution in [3.8, 4) is 0 Å². The molecular weight excluding hydrogens is 109 g/mol. The molecule has 0 aromatic rings. The molecule has 2 N–H and O–H groups in total. The van der Waals surface area contributed by atoms with Crippen LogP contribution in [0.2, 0.25) is 0 Å². The molecule has 0 saturated heterocycles. The summed E-state index contributed by atoms with van der Waals surface area (Å²) in [4.78, 5) is 0. The molecule has 0 aromatic heterocycles. The summed E-state index contributed by atoms with van der Waals surface area (Å²) in [5, 5.41) is 7.53. The second-order valence-electron chi connectivity index (χ2n) is 1.26. The van der Waals surface area contributed by atoms with Crippen LogP contribution < -0.4 is 5.43 Å². The van der Waals surface area contributed by atoms with E-state index in [1.54, 1.807) is 14.0 Å². The Bertz CT molecular complexity index is 79.4. The fraction of sp³-hybridized carbons (Fsp3) is 0.750. The maximum Gasteiger partial charge on any atom is 0.291 e. The zero-order valence-electron chi connectivity index (χ0n) is 5.03. The standard InChI is InChI=1S/C4H10FN3/c1-3-8(7-2)4(5)6/h6-7H,3H2,1-2H3. The van der Waals surface area contributed by atoms with Crippen LogP contribution in [0.4, 0.5) is 4.39 Å². The van der Waals surface area contributed by atoms with Crippen molar-refractivity contribution in [2.75, 3.05) is 13.6 Å². The lowest BCUT2D eigenvalue weighted by molar-refractivity contribution is 0.318. The van der Waals surface area contributed by atoms with Gasteiger partial charge in [-0.05, 0) is 6.92 Å². The summed E-state index contributed by atoms with van der Waals surface area (Å²) in [7, 11) is 1.57. The summed E-state index contributed by atoms with van der Waals surface area (Å²) >= 11 is 0. The third-order valence-corrected chi connectivity index (χ3v) is 0.823. The first-order chi connectivity index (χ1) is 3.72. The zero-order chi connectivity index (χ0) is 6.57. The fourth-order valence-electron chi connectivity index (χ4n) is 0.395. The number of amidine groups is 1. The van der Waals surface area contributed by atoms with Gasteiger partial charge in [0, 0.05) is 13.6 Å². The van der Waals surface area contributed by atoms with Crippen LogP contribution in [0.5, 0.6) is 0 Å². The number of hydrogen-bond acceptors (Lipinski definition) is 2. The van der Waals surface area contributed by atoms with Crippen molar-refractivity contribution in [1.29, 1.82) is 5.41 Å². The Labute approximate surface area is 48.0 Å². The highest BCUT2D eigenvalue weighted by molar-refractivity contribution is 5.67. The van der Waals surface area contributed by atoms with Crippen molar-refractivity contribution in [3.63, 3.8) is 0 Å². The van der Waals surface area contributed by atoms with Gasteiger partial charge in [-0.3, -0.25) is 10.4 Å². The molecule has 4 heteroatoms. The summed E-state index contributed by atoms with van der Waals surface area (Å²) < 4.78 is 11.8. The van der Waals surface area contributed by atoms with Crippen molar-refractivity contribution in [2.24, 2.45) is 0 Å². The molecule has 3 nitrogen and oxygen atoms in total. The number of hydrogen-bond donors (Lipinski definition) is 2. The molecule has 0 aliphatic rings. The largest absolute Gasteiger partial charge is 0.291 e. The van der Waals surface area contributed by atoms with Gasteiger partial charge >= 0.3 is 0 Å². The molecule has 0 radical (unpaired) electrons. The van der Waals surface area contributed by atoms with Crippen molar-refractivity contribution >= 4 is 6.09 Å². The van der Waals surface area contributed by atoms with Crippen LogP contribution in [0.3, 0.4) is 0 Å². The normalized spacial score (nSPS) is 8.88. The average Bonchev–Trinajstić information content (AvgIpc) is 1.69. The van der Waals surface area contributed by atoms with Gasteiger partial charge in [-0.25, -0.2) is 5.43 Å². The van der Waals surface area contributed by atoms with Gasteiger partial charge in [0.1, 0.15) is 0 Å². The fourth-order valence-corrected chi connectivity index (χ4v) is 0.395. The minimum Gasteiger partial charge on any atom is -0.269 e. The van der Waals surface area contributed by atoms with E-state index in [1.807, 2.05) is 0 Å². The average molecular weight is 119 g/mol. The van der Waals surface area contributed by atoms with Gasteiger partial charge in [0.15, 0.2) is 0 Å². The van der Waals surface area contributed by atoms with E-state index in [4.69, 9.17) is 5.41 Å². The van der Waals surface area contributed by atoms with Crippen molar-refractivity contribution in [2.45, 2.75) is 6.92 Å². The predicted molar refractivity (Wildman–Crippen MR) is 30.3 cm³/mol. The van der Waals surface area contributed by atoms with Gasteiger partial charge in [-0.1, -0.05) is 0 Å². The third kappa shape index (κ3) is 1.88. The van der Waals surface area contributed by atoms with Gasteiger partial charge in [0.2, 0.25) is 0 Å². The van der Waals surface area contributed by atoms with Crippen LogP contribution in [0.1, 0.15) is 6.92 Å². The monoisotopic (exact) mass is 119 g/mol. The van der Waals surface area contributed by atoms with Gasteiger partial charge < -0.3 is 0 Å². The summed E-state index contributed by atoms with van der Waals surface area (Å²) in [6, 6.07) is 0. The summed E-state index contributed by atoms with van der Waals surface area (Å²) in [6.45, 7) is 2.22. The first-order valence-electron chi connectivity index (χ1n) is 2.41. The smallest absolute Gasteiger partial charge is 0.269 e. The molecule has 8 heavy (non-hydrogen) atoms. The first kappa shape index (κ1) is 7.36. The zero-order valence-corrected chi connectivity index (χ0v) is 5.03. The molecule has 0 unspecified atom stereocenters. The van der Waals surface area contributed by atoms with E-state index < -0.39 is 6.09 Å². The highest BCUT2D eigenvalue weighted by Gasteiger charge is 1.99. The second kappa shape index (κ2) is 3.37. The molecule has 0 amide bonds. The molecule has 0 saturated carbocycles. The highest BCUT2D eigenvalue weighted by Crippen LogP contribution is 1.81. The van der Waals surface area contributed by atoms with Crippen LogP contribution >= 0.6 is 0 Å². The topological polar surface area (TPSA) is 39.1 Å². The molecule has 0 atom stereocenters. The Morgan fingerprint density at radius 2 is 2.38 bits per heavy atom. The van der Waals surface area contributed by atoms with Gasteiger partial charge in [0.25, 0.3) is 6.09 Å². The lowest BCUT2D eigenvalue weighted by atomic mass is 10.7. The van der Waals surface area contributed by atoms with Crippen LogP contribution in [0.15, 0.2) is 0 Å². The molecule has 0 fully saturated rings. The van der Waals surface area contributed by atoms with Gasteiger partial charge in [-0.15, -0.1) is 0 Å². The number of nitrogens with one attached hydrogen (secondary N) is 2. The van der Waals surface area contributed by atoms with E-state index in [0.717, 1.165) is 5.01 Å². The Kier molecular flexibility index (Phi) is 3.10. The minimum atomic E-state index is -0.949. The lowest BCUT2D eigenvalue weighted by Gasteiger charge is -2.14. The quantitative estimate of drug-likeness (QED) is 0.238. The lowest BCUT2D eigenvalue weighted by Crippen LogP contribution is -2.37. The molecule has 0 heterocycles. The summed E-state index contributed by atoms with van der Waals surface area (Å²) in [5.41, 5.74) is 2.48. The van der Waals surface area contributed by atoms with E-state index >= 15 is 0 Å². The van der Waals surface area contributed by atoms with E-state index in [9.17, 15) is 4.39 Å². The van der Waals surface area contributed by atoms with Crippen LogP contribution in [-0.4, -0.2) is 24.7 Å². The molecule has 0 aromatic carbocycles. The molecule has 48 valence electrons. The van der Waals surface area contributed by atoms with Crippen molar-refractivity contribution in [3.05, 3.63) is 0 Å². The van der Waals surface area contributed by atoms with Crippen molar-refractivity contribution < 1.29 is 4.39 Å². The molecule has 0 spiro atoms. The predicted octanol–water partition coefficient (Wildman–Crippen LogP) is 0.347. The summed E-state index contributed by atoms with van der Waals surface area (Å²) in [6.07, 6.45) is -0.949. The highest BCUT2D eigenvalue weighted by atomic mass is 19.1. The third-order valence-electron chi connectivity index (χ3n) is 0.823. The Hall–Kier alpha value is -0.640. The first-order valence-corrected chi connectivity index (χ1v) is 2.41. The molecule has 0 aliphatic heterocycles. The molecular formula is C4H10FN3. The second-order valence-corrected chi connectivity index (χ2v) is 1.26. The molecule has 0 aliphatic carbocycles. The Morgan fingerprint density at radius 1 is 1.88 bits per heavy atom. The van der Waals surface area contributed by atoms with E-state index in [1.165, 1.54) is 0 Å². The van der Waals surface area contributed by atoms with Crippen LogP contribution in [-0.2, 0) is 0 Å². The van der Waals surface area contributed by atoms with Crippen LogP contribution in [0, 0.1) is 5.41 Å². The number of hydrazine groups is 1. The Balaban J connectivity index is 3.52. The van der Waals surface area contributed by atoms with E-state index in [2.05, 4.69) is 5.43 Å². The SMILES string of the molecule is CCN(NC)C(=N)F. The van der Waals surface area contributed by atoms with Gasteiger partial charge in [0.05, 0.1) is 0 Å². The van der Waals surface area contributed by atoms with E-state index in [-0.39, 0.29) is 0 Å². The van der Waals surface area contributed by atoms with Crippen molar-refractivity contribution in [1.82, 2.24) is 10.4 Å². The minimum absolute atomic E-state index is 0.464. The number of rotatable bonds is 2. The summed E-state index contributed by atoms with van der Waals surface area (Å²) in [5.74, 6) is 0. The van der Waals surface area contributed by atoms with Gasteiger partial charge in [-0.2, -0.15) is 4.39 Å². The van der Waals surface area contributed by atoms with E-state index in [0.29, 0.717) is 6.54 Å².